The van der Waals surface area contributed by atoms with Crippen LogP contribution in [0.2, 0.25) is 0 Å². The van der Waals surface area contributed by atoms with Crippen molar-refractivity contribution in [3.05, 3.63) is 20.8 Å². The predicted molar refractivity (Wildman–Crippen MR) is 78.8 cm³/mol. The highest BCUT2D eigenvalue weighted by Crippen LogP contribution is 2.21. The molecule has 2 amide bonds. The first-order valence-corrected chi connectivity index (χ1v) is 7.40. The van der Waals surface area contributed by atoms with E-state index in [1.54, 1.807) is 12.1 Å². The molecule has 1 rings (SSSR count). The van der Waals surface area contributed by atoms with Gasteiger partial charge in [-0.25, -0.2) is 4.79 Å². The zero-order valence-electron chi connectivity index (χ0n) is 11.2. The van der Waals surface area contributed by atoms with Gasteiger partial charge < -0.3 is 15.3 Å². The monoisotopic (exact) mass is 362 g/mol. The van der Waals surface area contributed by atoms with Crippen molar-refractivity contribution in [2.45, 2.75) is 25.9 Å². The number of halogens is 1. The number of amides is 2. The number of carboxylic acids is 1. The minimum absolute atomic E-state index is 0.363. The lowest BCUT2D eigenvalue weighted by molar-refractivity contribution is -0.148. The zero-order chi connectivity index (χ0) is 15.4. The smallest absolute Gasteiger partial charge is 0.326 e. The van der Waals surface area contributed by atoms with Crippen molar-refractivity contribution in [1.82, 2.24) is 10.2 Å². The molecule has 1 heterocycles. The summed E-state index contributed by atoms with van der Waals surface area (Å²) in [6, 6.07) is 1.64. The fourth-order valence-electron chi connectivity index (χ4n) is 1.43. The number of likely N-dealkylation sites (N-methyl/N-ethyl adjacent to an activating group) is 1. The second-order valence-electron chi connectivity index (χ2n) is 4.26. The minimum atomic E-state index is -1.10. The van der Waals surface area contributed by atoms with Gasteiger partial charge in [-0.3, -0.25) is 9.59 Å². The SMILES string of the molecule is CC(NC(=O)c1ccc(Br)s1)C(=O)N(C)C(C)C(=O)O. The molecule has 0 spiro atoms. The summed E-state index contributed by atoms with van der Waals surface area (Å²) in [6.45, 7) is 2.93. The second-order valence-corrected chi connectivity index (χ2v) is 6.73. The molecule has 0 fully saturated rings. The summed E-state index contributed by atoms with van der Waals surface area (Å²) in [7, 11) is 1.39. The van der Waals surface area contributed by atoms with Crippen molar-refractivity contribution in [2.24, 2.45) is 0 Å². The van der Waals surface area contributed by atoms with Crippen LogP contribution in [0, 0.1) is 0 Å². The highest BCUT2D eigenvalue weighted by molar-refractivity contribution is 9.11. The Labute approximate surface area is 128 Å². The predicted octanol–water partition coefficient (Wildman–Crippen LogP) is 1.56. The third kappa shape index (κ3) is 4.04. The molecule has 110 valence electrons. The molecule has 2 unspecified atom stereocenters. The molecule has 0 aliphatic heterocycles. The topological polar surface area (TPSA) is 86.7 Å². The molecular formula is C12H15BrN2O4S. The molecule has 20 heavy (non-hydrogen) atoms. The van der Waals surface area contributed by atoms with Gasteiger partial charge in [0.25, 0.3) is 5.91 Å². The normalized spacial score (nSPS) is 13.4. The number of thiophene rings is 1. The third-order valence-corrected chi connectivity index (χ3v) is 4.42. The maximum absolute atomic E-state index is 12.0. The summed E-state index contributed by atoms with van der Waals surface area (Å²) in [6.07, 6.45) is 0. The van der Waals surface area contributed by atoms with Gasteiger partial charge in [0, 0.05) is 7.05 Å². The average molecular weight is 363 g/mol. The van der Waals surface area contributed by atoms with Gasteiger partial charge in [0.2, 0.25) is 5.91 Å². The standard InChI is InChI=1S/C12H15BrN2O4S/c1-6(11(17)15(3)7(2)12(18)19)14-10(16)8-4-5-9(13)20-8/h4-7H,1-3H3,(H,14,16)(H,18,19). The number of nitrogens with zero attached hydrogens (tertiary/aromatic N) is 1. The molecule has 0 bridgehead atoms. The van der Waals surface area contributed by atoms with Crippen molar-refractivity contribution >= 4 is 45.1 Å². The van der Waals surface area contributed by atoms with Crippen LogP contribution in [0.5, 0.6) is 0 Å². The molecule has 0 aliphatic rings. The van der Waals surface area contributed by atoms with Gasteiger partial charge in [0.1, 0.15) is 12.1 Å². The van der Waals surface area contributed by atoms with Crippen LogP contribution in [0.1, 0.15) is 23.5 Å². The maximum atomic E-state index is 12.0. The summed E-state index contributed by atoms with van der Waals surface area (Å²) < 4.78 is 0.818. The number of hydrogen-bond acceptors (Lipinski definition) is 4. The lowest BCUT2D eigenvalue weighted by Crippen LogP contribution is -2.50. The first-order chi connectivity index (χ1) is 9.23. The Hall–Kier alpha value is -1.41. The Morgan fingerprint density at radius 2 is 1.95 bits per heavy atom. The third-order valence-electron chi connectivity index (χ3n) is 2.80. The van der Waals surface area contributed by atoms with Gasteiger partial charge in [0.15, 0.2) is 0 Å². The zero-order valence-corrected chi connectivity index (χ0v) is 13.6. The molecule has 0 radical (unpaired) electrons. The van der Waals surface area contributed by atoms with E-state index in [1.165, 1.54) is 32.2 Å². The summed E-state index contributed by atoms with van der Waals surface area (Å²) >= 11 is 4.51. The molecule has 1 aromatic rings. The van der Waals surface area contributed by atoms with E-state index in [1.807, 2.05) is 0 Å². The molecule has 8 heteroatoms. The average Bonchev–Trinajstić information content (AvgIpc) is 2.82. The van der Waals surface area contributed by atoms with Crippen LogP contribution < -0.4 is 5.32 Å². The maximum Gasteiger partial charge on any atom is 0.326 e. The van der Waals surface area contributed by atoms with Crippen molar-refractivity contribution in [3.63, 3.8) is 0 Å². The van der Waals surface area contributed by atoms with Gasteiger partial charge in [0.05, 0.1) is 8.66 Å². The molecule has 0 saturated heterocycles. The van der Waals surface area contributed by atoms with Crippen molar-refractivity contribution in [1.29, 1.82) is 0 Å². The van der Waals surface area contributed by atoms with E-state index >= 15 is 0 Å². The summed E-state index contributed by atoms with van der Waals surface area (Å²) in [4.78, 5) is 36.3. The Bertz CT molecular complexity index is 531. The van der Waals surface area contributed by atoms with Crippen molar-refractivity contribution < 1.29 is 19.5 Å². The van der Waals surface area contributed by atoms with Gasteiger partial charge in [-0.1, -0.05) is 0 Å². The van der Waals surface area contributed by atoms with E-state index < -0.39 is 24.0 Å². The number of rotatable bonds is 5. The van der Waals surface area contributed by atoms with Crippen LogP contribution in [0.3, 0.4) is 0 Å². The molecular weight excluding hydrogens is 348 g/mol. The highest BCUT2D eigenvalue weighted by atomic mass is 79.9. The molecule has 0 aliphatic carbocycles. The Morgan fingerprint density at radius 1 is 1.35 bits per heavy atom. The first kappa shape index (κ1) is 16.6. The summed E-state index contributed by atoms with van der Waals surface area (Å²) in [5.41, 5.74) is 0. The summed E-state index contributed by atoms with van der Waals surface area (Å²) in [5, 5.41) is 11.4. The minimum Gasteiger partial charge on any atom is -0.480 e. The number of nitrogens with one attached hydrogen (secondary N) is 1. The van der Waals surface area contributed by atoms with Gasteiger partial charge in [-0.2, -0.15) is 0 Å². The van der Waals surface area contributed by atoms with Gasteiger partial charge >= 0.3 is 5.97 Å². The first-order valence-electron chi connectivity index (χ1n) is 5.79. The van der Waals surface area contributed by atoms with Crippen LogP contribution in [-0.2, 0) is 9.59 Å². The van der Waals surface area contributed by atoms with Crippen LogP contribution in [0.4, 0.5) is 0 Å². The number of carbonyl (C=O) groups is 3. The van der Waals surface area contributed by atoms with Crippen LogP contribution >= 0.6 is 27.3 Å². The van der Waals surface area contributed by atoms with Crippen molar-refractivity contribution in [2.75, 3.05) is 7.05 Å². The lowest BCUT2D eigenvalue weighted by atomic mass is 10.2. The number of carbonyl (C=O) groups excluding carboxylic acids is 2. The summed E-state index contributed by atoms with van der Waals surface area (Å²) in [5.74, 6) is -1.91. The fraction of sp³-hybridized carbons (Fsp3) is 0.417. The molecule has 6 nitrogen and oxygen atoms in total. The van der Waals surface area contributed by atoms with Gasteiger partial charge in [-0.15, -0.1) is 11.3 Å². The number of hydrogen-bond donors (Lipinski definition) is 2. The van der Waals surface area contributed by atoms with E-state index in [0.717, 1.165) is 8.69 Å². The van der Waals surface area contributed by atoms with Crippen LogP contribution in [0.15, 0.2) is 15.9 Å². The van der Waals surface area contributed by atoms with E-state index in [2.05, 4.69) is 21.2 Å². The Balaban J connectivity index is 2.66. The van der Waals surface area contributed by atoms with E-state index in [0.29, 0.717) is 4.88 Å². The van der Waals surface area contributed by atoms with Crippen molar-refractivity contribution in [3.8, 4) is 0 Å². The Morgan fingerprint density at radius 3 is 2.40 bits per heavy atom. The molecule has 1 aromatic heterocycles. The van der Waals surface area contributed by atoms with Crippen LogP contribution in [-0.4, -0.2) is 46.9 Å². The number of carboxylic acid groups (broad SMARTS) is 1. The quantitative estimate of drug-likeness (QED) is 0.831. The van der Waals surface area contributed by atoms with Gasteiger partial charge in [-0.05, 0) is 41.9 Å². The van der Waals surface area contributed by atoms with E-state index in [4.69, 9.17) is 5.11 Å². The molecule has 0 saturated carbocycles. The largest absolute Gasteiger partial charge is 0.480 e. The highest BCUT2D eigenvalue weighted by Gasteiger charge is 2.26. The molecule has 2 atom stereocenters. The van der Waals surface area contributed by atoms with E-state index in [-0.39, 0.29) is 5.91 Å². The molecule has 2 N–H and O–H groups in total. The van der Waals surface area contributed by atoms with E-state index in [9.17, 15) is 14.4 Å². The van der Waals surface area contributed by atoms with Crippen LogP contribution in [0.25, 0.3) is 0 Å². The second kappa shape index (κ2) is 6.85. The lowest BCUT2D eigenvalue weighted by Gasteiger charge is -2.25. The molecule has 0 aromatic carbocycles. The Kier molecular flexibility index (Phi) is 5.70. The fourth-order valence-corrected chi connectivity index (χ4v) is 2.72. The number of aliphatic carboxylic acids is 1.